The Morgan fingerprint density at radius 1 is 1.25 bits per heavy atom. The highest BCUT2D eigenvalue weighted by molar-refractivity contribution is 5.96. The first-order valence-corrected chi connectivity index (χ1v) is 10.9. The maximum Gasteiger partial charge on any atom is 0.270 e. The number of nitrogens with zero attached hydrogens (tertiary/aromatic N) is 3. The van der Waals surface area contributed by atoms with Crippen molar-refractivity contribution in [2.45, 2.75) is 76.9 Å². The second kappa shape index (κ2) is 8.18. The molecule has 11 heteroatoms. The van der Waals surface area contributed by atoms with Gasteiger partial charge in [-0.3, -0.25) is 19.0 Å². The fourth-order valence-corrected chi connectivity index (χ4v) is 3.96. The van der Waals surface area contributed by atoms with Crippen molar-refractivity contribution in [3.05, 3.63) is 27.7 Å². The topological polar surface area (TPSA) is 118 Å². The number of aromatic nitrogens is 3. The molecule has 32 heavy (non-hydrogen) atoms. The summed E-state index contributed by atoms with van der Waals surface area (Å²) in [6.07, 6.45) is 2.61. The molecule has 9 nitrogen and oxygen atoms in total. The van der Waals surface area contributed by atoms with Crippen molar-refractivity contribution in [1.29, 1.82) is 0 Å². The van der Waals surface area contributed by atoms with Crippen molar-refractivity contribution in [3.63, 3.8) is 0 Å². The maximum absolute atomic E-state index is 13.2. The molecule has 2 aliphatic rings. The minimum atomic E-state index is -2.71. The number of hydrogen-bond acceptors (Lipinski definition) is 5. The van der Waals surface area contributed by atoms with Gasteiger partial charge in [0.15, 0.2) is 5.56 Å². The third kappa shape index (κ3) is 4.46. The third-order valence-corrected chi connectivity index (χ3v) is 5.72. The second-order valence-corrected chi connectivity index (χ2v) is 9.19. The summed E-state index contributed by atoms with van der Waals surface area (Å²) < 4.78 is 28.5. The van der Waals surface area contributed by atoms with Crippen molar-refractivity contribution in [2.75, 3.05) is 0 Å². The molecule has 3 N–H and O–H groups in total. The molecule has 2 heterocycles. The quantitative estimate of drug-likeness (QED) is 0.564. The summed E-state index contributed by atoms with van der Waals surface area (Å²) >= 11 is 0. The van der Waals surface area contributed by atoms with Crippen LogP contribution in [0, 0.1) is 5.92 Å². The van der Waals surface area contributed by atoms with Gasteiger partial charge in [0.2, 0.25) is 11.8 Å². The summed E-state index contributed by atoms with van der Waals surface area (Å²) in [7, 11) is 0. The largest absolute Gasteiger partial charge is 0.492 e. The van der Waals surface area contributed by atoms with Crippen molar-refractivity contribution in [2.24, 2.45) is 5.92 Å². The Kier molecular flexibility index (Phi) is 5.68. The van der Waals surface area contributed by atoms with Crippen LogP contribution in [0.25, 0.3) is 5.65 Å². The van der Waals surface area contributed by atoms with E-state index < -0.39 is 29.3 Å². The van der Waals surface area contributed by atoms with Crippen LogP contribution < -0.4 is 16.2 Å². The number of amides is 2. The highest BCUT2D eigenvalue weighted by atomic mass is 19.3. The molecule has 2 aromatic heterocycles. The van der Waals surface area contributed by atoms with Gasteiger partial charge >= 0.3 is 0 Å². The Morgan fingerprint density at radius 3 is 2.53 bits per heavy atom. The summed E-state index contributed by atoms with van der Waals surface area (Å²) in [5, 5.41) is 20.1. The Balaban J connectivity index is 1.60. The molecule has 0 aliphatic heterocycles. The van der Waals surface area contributed by atoms with Crippen LogP contribution in [-0.4, -0.2) is 49.1 Å². The van der Waals surface area contributed by atoms with Crippen LogP contribution in [0.3, 0.4) is 0 Å². The van der Waals surface area contributed by atoms with E-state index in [0.717, 1.165) is 17.4 Å². The fourth-order valence-electron chi connectivity index (χ4n) is 3.96. The van der Waals surface area contributed by atoms with Crippen molar-refractivity contribution < 1.29 is 23.5 Å². The Labute approximate surface area is 182 Å². The van der Waals surface area contributed by atoms with Gasteiger partial charge in [-0.1, -0.05) is 13.8 Å². The van der Waals surface area contributed by atoms with Gasteiger partial charge in [-0.2, -0.15) is 9.61 Å². The predicted molar refractivity (Wildman–Crippen MR) is 111 cm³/mol. The highest BCUT2D eigenvalue weighted by Crippen LogP contribution is 2.37. The van der Waals surface area contributed by atoms with Crippen LogP contribution in [0.4, 0.5) is 8.78 Å². The van der Waals surface area contributed by atoms with Gasteiger partial charge in [0.25, 0.3) is 17.4 Å². The van der Waals surface area contributed by atoms with E-state index >= 15 is 0 Å². The molecule has 0 spiro atoms. The molecule has 0 radical (unpaired) electrons. The van der Waals surface area contributed by atoms with Gasteiger partial charge in [-0.25, -0.2) is 8.78 Å². The number of nitrogens with one attached hydrogen (secondary N) is 2. The van der Waals surface area contributed by atoms with E-state index in [-0.39, 0.29) is 55.7 Å². The molecule has 2 aromatic rings. The lowest BCUT2D eigenvalue weighted by molar-refractivity contribution is -0.129. The number of hydrogen-bond donors (Lipinski definition) is 3. The maximum atomic E-state index is 13.2. The average molecular weight is 451 g/mol. The molecule has 174 valence electrons. The fraction of sp³-hybridized carbons (Fsp3) is 0.619. The van der Waals surface area contributed by atoms with Crippen LogP contribution in [0.15, 0.2) is 11.0 Å². The number of rotatable bonds is 8. The summed E-state index contributed by atoms with van der Waals surface area (Å²) in [6, 6.07) is -0.519. The number of fused-ring (bicyclic) bond motifs is 1. The van der Waals surface area contributed by atoms with Gasteiger partial charge in [-0.15, -0.1) is 0 Å². The highest BCUT2D eigenvalue weighted by Gasteiger charge is 2.45. The zero-order valence-corrected chi connectivity index (χ0v) is 18.0. The van der Waals surface area contributed by atoms with E-state index in [2.05, 4.69) is 15.7 Å². The average Bonchev–Trinajstić information content (AvgIpc) is 3.37. The van der Waals surface area contributed by atoms with E-state index in [0.29, 0.717) is 11.2 Å². The minimum absolute atomic E-state index is 0.0119. The van der Waals surface area contributed by atoms with Crippen LogP contribution in [0.5, 0.6) is 5.88 Å². The van der Waals surface area contributed by atoms with E-state index in [4.69, 9.17) is 0 Å². The smallest absolute Gasteiger partial charge is 0.270 e. The number of aryl methyl sites for hydroxylation is 1. The van der Waals surface area contributed by atoms with Gasteiger partial charge in [-0.05, 0) is 25.2 Å². The molecule has 0 bridgehead atoms. The van der Waals surface area contributed by atoms with Crippen LogP contribution in [-0.2, 0) is 17.8 Å². The van der Waals surface area contributed by atoms with Crippen LogP contribution >= 0.6 is 0 Å². The van der Waals surface area contributed by atoms with Gasteiger partial charge < -0.3 is 15.7 Å². The molecule has 0 atom stereocenters. The number of carbonyl (C=O) groups is 2. The summed E-state index contributed by atoms with van der Waals surface area (Å²) in [6.45, 7) is 4.11. The first-order valence-electron chi connectivity index (χ1n) is 10.9. The molecular formula is C21H27F2N5O4. The lowest BCUT2D eigenvalue weighted by Crippen LogP contribution is -2.50. The number of halogens is 2. The third-order valence-electron chi connectivity index (χ3n) is 5.72. The van der Waals surface area contributed by atoms with Gasteiger partial charge in [0.1, 0.15) is 5.65 Å². The zero-order chi connectivity index (χ0) is 23.2. The van der Waals surface area contributed by atoms with Crippen LogP contribution in [0.2, 0.25) is 0 Å². The molecule has 2 amide bonds. The Bertz CT molecular complexity index is 1110. The molecule has 0 aromatic carbocycles. The van der Waals surface area contributed by atoms with Gasteiger partial charge in [0, 0.05) is 43.5 Å². The molecule has 2 aliphatic carbocycles. The molecular weight excluding hydrogens is 424 g/mol. The zero-order valence-electron chi connectivity index (χ0n) is 18.0. The van der Waals surface area contributed by atoms with E-state index in [9.17, 15) is 28.3 Å². The summed E-state index contributed by atoms with van der Waals surface area (Å²) in [5.74, 6) is -4.20. The summed E-state index contributed by atoms with van der Waals surface area (Å²) in [4.78, 5) is 37.9. The van der Waals surface area contributed by atoms with E-state index in [1.165, 1.54) is 10.8 Å². The van der Waals surface area contributed by atoms with Gasteiger partial charge in [0.05, 0.1) is 6.20 Å². The number of carbonyl (C=O) groups excluding carboxylic acids is 2. The van der Waals surface area contributed by atoms with E-state index in [1.807, 2.05) is 13.8 Å². The minimum Gasteiger partial charge on any atom is -0.492 e. The lowest BCUT2D eigenvalue weighted by atomic mass is 9.88. The summed E-state index contributed by atoms with van der Waals surface area (Å²) in [5.41, 5.74) is -0.124. The first-order chi connectivity index (χ1) is 15.1. The molecule has 0 unspecified atom stereocenters. The standard InChI is InChI=1S/C21H27F2N5O4/c1-11(2)10-27-18-12(3-6-15(29)25-14-7-21(22,23)8-14)9-24-28(18)20(32)16(19(27)31)17(30)26-13-4-5-13/h9,11,13-14,32H,3-8,10H2,1-2H3,(H,25,29)(H,26,30). The predicted octanol–water partition coefficient (Wildman–Crippen LogP) is 1.60. The van der Waals surface area contributed by atoms with Crippen LogP contribution in [0.1, 0.15) is 61.9 Å². The molecule has 0 saturated heterocycles. The molecule has 4 rings (SSSR count). The monoisotopic (exact) mass is 451 g/mol. The number of alkyl halides is 2. The number of aromatic hydroxyl groups is 1. The first kappa shape index (κ1) is 22.2. The Hall–Kier alpha value is -2.98. The van der Waals surface area contributed by atoms with Crippen molar-refractivity contribution in [3.8, 4) is 5.88 Å². The molecule has 2 fully saturated rings. The van der Waals surface area contributed by atoms with Crippen molar-refractivity contribution >= 4 is 17.5 Å². The Morgan fingerprint density at radius 2 is 1.94 bits per heavy atom. The lowest BCUT2D eigenvalue weighted by Gasteiger charge is -2.35. The second-order valence-electron chi connectivity index (χ2n) is 9.19. The molecule has 2 saturated carbocycles. The SMILES string of the molecule is CC(C)Cn1c(=O)c(C(=O)NC2CC2)c(O)n2ncc(CCC(=O)NC3CC(F)(F)C3)c12. The van der Waals surface area contributed by atoms with E-state index in [1.54, 1.807) is 0 Å². The normalized spacial score (nSPS) is 18.0. The van der Waals surface area contributed by atoms with Crippen molar-refractivity contribution in [1.82, 2.24) is 24.8 Å².